The Bertz CT molecular complexity index is 432. The number of hydrogen-bond donors (Lipinski definition) is 1. The molecule has 1 unspecified atom stereocenters. The monoisotopic (exact) mass is 263 g/mol. The van der Waals surface area contributed by atoms with E-state index in [1.807, 2.05) is 0 Å². The van der Waals surface area contributed by atoms with Gasteiger partial charge in [0, 0.05) is 32.2 Å². The number of nitrogens with zero attached hydrogens (tertiary/aromatic N) is 2. The molecule has 0 bridgehead atoms. The smallest absolute Gasteiger partial charge is 0.157 e. The van der Waals surface area contributed by atoms with Crippen molar-refractivity contribution in [1.29, 1.82) is 0 Å². The molecule has 1 atom stereocenters. The van der Waals surface area contributed by atoms with Crippen LogP contribution in [-0.2, 0) is 17.7 Å². The van der Waals surface area contributed by atoms with Crippen molar-refractivity contribution in [2.45, 2.75) is 58.6 Å². The molecule has 1 aliphatic heterocycles. The molecule has 0 aromatic carbocycles. The van der Waals surface area contributed by atoms with Crippen LogP contribution in [0.3, 0.4) is 0 Å². The average molecular weight is 263 g/mol. The van der Waals surface area contributed by atoms with Gasteiger partial charge in [0.15, 0.2) is 5.82 Å². The number of fused-ring (bicyclic) bond motifs is 1. The van der Waals surface area contributed by atoms with E-state index in [1.54, 1.807) is 7.11 Å². The Balaban J connectivity index is 2.42. The zero-order chi connectivity index (χ0) is 13.8. The Morgan fingerprint density at radius 3 is 2.74 bits per heavy atom. The van der Waals surface area contributed by atoms with Crippen molar-refractivity contribution in [2.24, 2.45) is 0 Å². The van der Waals surface area contributed by atoms with Gasteiger partial charge in [-0.25, -0.2) is 9.97 Å². The summed E-state index contributed by atoms with van der Waals surface area (Å²) >= 11 is 0. The molecule has 4 nitrogen and oxygen atoms in total. The van der Waals surface area contributed by atoms with Gasteiger partial charge in [-0.1, -0.05) is 27.2 Å². The van der Waals surface area contributed by atoms with E-state index in [-0.39, 0.29) is 6.10 Å². The average Bonchev–Trinajstić information content (AvgIpc) is 2.43. The molecule has 1 N–H and O–H groups in total. The van der Waals surface area contributed by atoms with Crippen molar-refractivity contribution in [3.05, 3.63) is 22.8 Å². The van der Waals surface area contributed by atoms with Gasteiger partial charge in [0.1, 0.15) is 6.10 Å². The second-order valence-electron chi connectivity index (χ2n) is 5.49. The first-order chi connectivity index (χ1) is 9.17. The highest BCUT2D eigenvalue weighted by Gasteiger charge is 2.22. The van der Waals surface area contributed by atoms with Crippen LogP contribution in [0.2, 0.25) is 0 Å². The minimum atomic E-state index is 0.0303. The molecule has 2 rings (SSSR count). The lowest BCUT2D eigenvalue weighted by atomic mass is 9.98. The Morgan fingerprint density at radius 2 is 2.11 bits per heavy atom. The summed E-state index contributed by atoms with van der Waals surface area (Å²) in [6.45, 7) is 8.46. The number of hydrogen-bond acceptors (Lipinski definition) is 4. The molecule has 4 heteroatoms. The summed E-state index contributed by atoms with van der Waals surface area (Å²) in [4.78, 5) is 9.57. The first-order valence-corrected chi connectivity index (χ1v) is 7.30. The van der Waals surface area contributed by atoms with Gasteiger partial charge in [-0.15, -0.1) is 0 Å². The first kappa shape index (κ1) is 14.4. The lowest BCUT2D eigenvalue weighted by Gasteiger charge is -2.23. The Morgan fingerprint density at radius 1 is 1.32 bits per heavy atom. The molecule has 1 aromatic heterocycles. The second-order valence-corrected chi connectivity index (χ2v) is 5.49. The topological polar surface area (TPSA) is 47.0 Å². The zero-order valence-electron chi connectivity index (χ0n) is 12.5. The van der Waals surface area contributed by atoms with Gasteiger partial charge < -0.3 is 10.1 Å². The molecule has 1 aliphatic rings. The molecular weight excluding hydrogens is 238 g/mol. The minimum absolute atomic E-state index is 0.0303. The minimum Gasteiger partial charge on any atom is -0.373 e. The summed E-state index contributed by atoms with van der Waals surface area (Å²) in [5.74, 6) is 1.29. The van der Waals surface area contributed by atoms with Crippen LogP contribution in [0, 0.1) is 0 Å². The quantitative estimate of drug-likeness (QED) is 0.887. The van der Waals surface area contributed by atoms with Crippen LogP contribution in [0.15, 0.2) is 0 Å². The van der Waals surface area contributed by atoms with E-state index in [1.165, 1.54) is 17.0 Å². The van der Waals surface area contributed by atoms with Gasteiger partial charge in [0.25, 0.3) is 0 Å². The molecule has 0 saturated heterocycles. The van der Waals surface area contributed by atoms with Crippen LogP contribution in [-0.4, -0.2) is 23.6 Å². The highest BCUT2D eigenvalue weighted by molar-refractivity contribution is 5.30. The van der Waals surface area contributed by atoms with Gasteiger partial charge in [-0.3, -0.25) is 0 Å². The fraction of sp³-hybridized carbons (Fsp3) is 0.733. The third kappa shape index (κ3) is 3.12. The number of methoxy groups -OCH3 is 1. The molecule has 0 aliphatic carbocycles. The summed E-state index contributed by atoms with van der Waals surface area (Å²) in [5.41, 5.74) is 3.70. The van der Waals surface area contributed by atoms with E-state index in [0.29, 0.717) is 5.92 Å². The number of nitrogens with one attached hydrogen (secondary N) is 1. The SMILES string of the molecule is CCCC(OC)c1nc2c(c(C(C)C)n1)CNCC2. The van der Waals surface area contributed by atoms with E-state index >= 15 is 0 Å². The molecule has 0 fully saturated rings. The third-order valence-corrected chi connectivity index (χ3v) is 3.65. The van der Waals surface area contributed by atoms with E-state index in [4.69, 9.17) is 14.7 Å². The Hall–Kier alpha value is -1.00. The summed E-state index contributed by atoms with van der Waals surface area (Å²) in [6.07, 6.45) is 3.08. The van der Waals surface area contributed by atoms with Crippen LogP contribution in [0.1, 0.15) is 68.4 Å². The summed E-state index contributed by atoms with van der Waals surface area (Å²) in [7, 11) is 1.75. The lowest BCUT2D eigenvalue weighted by Crippen LogP contribution is -2.28. The zero-order valence-corrected chi connectivity index (χ0v) is 12.5. The maximum atomic E-state index is 5.56. The molecular formula is C15H25N3O. The van der Waals surface area contributed by atoms with Gasteiger partial charge in [0.05, 0.1) is 11.4 Å². The molecule has 0 spiro atoms. The summed E-state index contributed by atoms with van der Waals surface area (Å²) in [5, 5.41) is 3.41. The molecule has 1 aromatic rings. The van der Waals surface area contributed by atoms with Crippen molar-refractivity contribution in [1.82, 2.24) is 15.3 Å². The molecule has 19 heavy (non-hydrogen) atoms. The standard InChI is InChI=1S/C15H25N3O/c1-5-6-13(19-4)15-17-12-7-8-16-9-11(12)14(18-15)10(2)3/h10,13,16H,5-9H2,1-4H3. The molecule has 0 amide bonds. The number of rotatable bonds is 5. The molecule has 2 heterocycles. The predicted molar refractivity (Wildman–Crippen MR) is 76.2 cm³/mol. The van der Waals surface area contributed by atoms with Crippen molar-refractivity contribution >= 4 is 0 Å². The first-order valence-electron chi connectivity index (χ1n) is 7.30. The van der Waals surface area contributed by atoms with E-state index in [0.717, 1.165) is 38.2 Å². The van der Waals surface area contributed by atoms with Crippen LogP contribution in [0.25, 0.3) is 0 Å². The molecule has 106 valence electrons. The fourth-order valence-corrected chi connectivity index (χ4v) is 2.63. The number of ether oxygens (including phenoxy) is 1. The number of aromatic nitrogens is 2. The van der Waals surface area contributed by atoms with Crippen LogP contribution in [0.5, 0.6) is 0 Å². The van der Waals surface area contributed by atoms with Crippen molar-refractivity contribution in [2.75, 3.05) is 13.7 Å². The highest BCUT2D eigenvalue weighted by Crippen LogP contribution is 2.26. The van der Waals surface area contributed by atoms with E-state index < -0.39 is 0 Å². The summed E-state index contributed by atoms with van der Waals surface area (Å²) < 4.78 is 5.56. The van der Waals surface area contributed by atoms with Gasteiger partial charge in [-0.2, -0.15) is 0 Å². The fourth-order valence-electron chi connectivity index (χ4n) is 2.63. The van der Waals surface area contributed by atoms with Crippen LogP contribution >= 0.6 is 0 Å². The molecule has 0 saturated carbocycles. The molecule has 0 radical (unpaired) electrons. The highest BCUT2D eigenvalue weighted by atomic mass is 16.5. The second kappa shape index (κ2) is 6.44. The normalized spacial score (nSPS) is 16.5. The lowest BCUT2D eigenvalue weighted by molar-refractivity contribution is 0.0870. The maximum absolute atomic E-state index is 5.56. The predicted octanol–water partition coefficient (Wildman–Crippen LogP) is 2.73. The van der Waals surface area contributed by atoms with Crippen LogP contribution in [0.4, 0.5) is 0 Å². The van der Waals surface area contributed by atoms with Gasteiger partial charge in [0.2, 0.25) is 0 Å². The van der Waals surface area contributed by atoms with Gasteiger partial charge >= 0.3 is 0 Å². The largest absolute Gasteiger partial charge is 0.373 e. The Kier molecular flexibility index (Phi) is 4.88. The third-order valence-electron chi connectivity index (χ3n) is 3.65. The summed E-state index contributed by atoms with van der Waals surface area (Å²) in [6, 6.07) is 0. The maximum Gasteiger partial charge on any atom is 0.157 e. The van der Waals surface area contributed by atoms with Gasteiger partial charge in [-0.05, 0) is 12.3 Å². The van der Waals surface area contributed by atoms with E-state index in [2.05, 4.69) is 26.1 Å². The van der Waals surface area contributed by atoms with E-state index in [9.17, 15) is 0 Å². The van der Waals surface area contributed by atoms with Crippen molar-refractivity contribution in [3.63, 3.8) is 0 Å². The Labute approximate surface area is 116 Å². The van der Waals surface area contributed by atoms with Crippen molar-refractivity contribution in [3.8, 4) is 0 Å². The van der Waals surface area contributed by atoms with Crippen molar-refractivity contribution < 1.29 is 4.74 Å². The van der Waals surface area contributed by atoms with Crippen LogP contribution < -0.4 is 5.32 Å².